The smallest absolute Gasteiger partial charge is 0.274 e. The van der Waals surface area contributed by atoms with Gasteiger partial charge in [-0.2, -0.15) is 0 Å². The van der Waals surface area contributed by atoms with Crippen molar-refractivity contribution in [1.82, 2.24) is 9.47 Å². The number of thioether (sulfide) groups is 1. The SMILES string of the molecule is C=Ic1ccc(CC2=C(C)CI=C(c3cn4c(c(O)c3=O)C(=O)N(C(C)C)C[C@H]4C)S2)c(CC)c1. The van der Waals surface area contributed by atoms with E-state index in [4.69, 9.17) is 0 Å². The number of benzene rings is 1. The van der Waals surface area contributed by atoms with Gasteiger partial charge in [-0.05, 0) is 62.3 Å². The standard InChI is InChI=1S/C27H32I2N2O3S/c1-7-18-10-20(28-6)9-8-19(18)11-22-16(4)12-29-26(35-22)21-14-31-17(5)13-30(15(2)3)27(34)23(31)25(33)24(21)32/h8-10,14-15,17,33H,6-7,11-13H2,1-5H3/t17-/m1/s1. The minimum atomic E-state index is -0.415. The quantitative estimate of drug-likeness (QED) is 0.302. The molecule has 0 saturated carbocycles. The van der Waals surface area contributed by atoms with Gasteiger partial charge in [0.2, 0.25) is 5.43 Å². The van der Waals surface area contributed by atoms with Crippen LogP contribution in [0.4, 0.5) is 0 Å². The first-order chi connectivity index (χ1) is 16.7. The van der Waals surface area contributed by atoms with Crippen molar-refractivity contribution in [3.8, 4) is 5.75 Å². The van der Waals surface area contributed by atoms with Gasteiger partial charge in [-0.15, -0.1) is 20.7 Å². The van der Waals surface area contributed by atoms with Gasteiger partial charge in [0.1, 0.15) is 0 Å². The average molecular weight is 718 g/mol. The van der Waals surface area contributed by atoms with Crippen molar-refractivity contribution >= 4 is 66.5 Å². The third-order valence-corrected chi connectivity index (χ3v) is 13.5. The Bertz CT molecular complexity index is 1330. The minimum absolute atomic E-state index is 0.00946. The molecule has 4 rings (SSSR count). The molecule has 0 radical (unpaired) electrons. The van der Waals surface area contributed by atoms with E-state index in [1.807, 2.05) is 31.5 Å². The van der Waals surface area contributed by atoms with Crippen molar-refractivity contribution in [2.75, 3.05) is 11.0 Å². The Labute approximate surface area is 231 Å². The second kappa shape index (κ2) is 11.0. The molecule has 35 heavy (non-hydrogen) atoms. The fourth-order valence-corrected chi connectivity index (χ4v) is 10.6. The second-order valence-corrected chi connectivity index (χ2v) is 15.8. The molecule has 2 aliphatic heterocycles. The molecule has 8 heteroatoms. The molecule has 1 aromatic carbocycles. The Morgan fingerprint density at radius 3 is 2.69 bits per heavy atom. The van der Waals surface area contributed by atoms with Crippen molar-refractivity contribution in [2.45, 2.75) is 59.5 Å². The highest BCUT2D eigenvalue weighted by Crippen LogP contribution is 2.38. The third kappa shape index (κ3) is 5.25. The number of carbonyl (C=O) groups is 1. The van der Waals surface area contributed by atoms with E-state index in [9.17, 15) is 14.7 Å². The zero-order valence-electron chi connectivity index (χ0n) is 20.8. The number of alkyl halides is 1. The van der Waals surface area contributed by atoms with Gasteiger partial charge in [0.15, 0.2) is 11.4 Å². The number of amides is 1. The van der Waals surface area contributed by atoms with Gasteiger partial charge in [-0.3, -0.25) is 9.59 Å². The molecular formula is C27H32I2N2O3S. The van der Waals surface area contributed by atoms with E-state index >= 15 is 0 Å². The highest BCUT2D eigenvalue weighted by molar-refractivity contribution is 14.2. The zero-order valence-corrected chi connectivity index (χ0v) is 26.0. The van der Waals surface area contributed by atoms with Crippen molar-refractivity contribution in [2.24, 2.45) is 0 Å². The van der Waals surface area contributed by atoms with Crippen LogP contribution in [-0.2, 0) is 12.8 Å². The first-order valence-corrected chi connectivity index (χ1v) is 17.8. The molecule has 0 aliphatic carbocycles. The number of carbonyl (C=O) groups excluding carboxylic acids is 1. The summed E-state index contributed by atoms with van der Waals surface area (Å²) in [6, 6.07) is 6.76. The van der Waals surface area contributed by atoms with Gasteiger partial charge in [0, 0.05) is 39.2 Å². The number of allylic oxidation sites excluding steroid dienone is 2. The van der Waals surface area contributed by atoms with Crippen LogP contribution >= 0.6 is 53.2 Å². The van der Waals surface area contributed by atoms with E-state index in [2.05, 4.69) is 36.6 Å². The molecule has 188 valence electrons. The summed E-state index contributed by atoms with van der Waals surface area (Å²) >= 11 is 1.16. The third-order valence-electron chi connectivity index (χ3n) is 6.58. The first kappa shape index (κ1) is 26.8. The molecule has 0 spiro atoms. The average Bonchev–Trinajstić information content (AvgIpc) is 2.84. The lowest BCUT2D eigenvalue weighted by Gasteiger charge is -2.37. The van der Waals surface area contributed by atoms with Crippen molar-refractivity contribution in [3.05, 3.63) is 71.1 Å². The van der Waals surface area contributed by atoms with E-state index in [-0.39, 0.29) is 65.1 Å². The summed E-state index contributed by atoms with van der Waals surface area (Å²) in [7, 11) is 0. The van der Waals surface area contributed by atoms with Crippen LogP contribution in [0.1, 0.15) is 67.8 Å². The Balaban J connectivity index is 1.68. The summed E-state index contributed by atoms with van der Waals surface area (Å²) in [5, 5.41) is 10.9. The van der Waals surface area contributed by atoms with Gasteiger partial charge < -0.3 is 14.6 Å². The Morgan fingerprint density at radius 2 is 2.03 bits per heavy atom. The number of hydrogen-bond acceptors (Lipinski definition) is 4. The predicted molar refractivity (Wildman–Crippen MR) is 166 cm³/mol. The maximum atomic E-state index is 13.3. The van der Waals surface area contributed by atoms with Crippen LogP contribution in [-0.4, -0.2) is 44.9 Å². The fraction of sp³-hybridized carbons (Fsp3) is 0.407. The van der Waals surface area contributed by atoms with E-state index in [0.717, 1.165) is 20.1 Å². The maximum Gasteiger partial charge on any atom is 0.274 e. The molecule has 5 nitrogen and oxygen atoms in total. The lowest BCUT2D eigenvalue weighted by Crippen LogP contribution is -2.47. The number of hydrogen-bond donors (Lipinski definition) is 1. The second-order valence-electron chi connectivity index (χ2n) is 9.30. The number of halogens is 2. The van der Waals surface area contributed by atoms with Crippen molar-refractivity contribution in [3.63, 3.8) is 0 Å². The largest absolute Gasteiger partial charge is 0.503 e. The Hall–Kier alpha value is -1.27. The topological polar surface area (TPSA) is 62.5 Å². The molecular weight excluding hydrogens is 686 g/mol. The van der Waals surface area contributed by atoms with Crippen LogP contribution in [0.25, 0.3) is 0 Å². The Kier molecular flexibility index (Phi) is 8.42. The summed E-state index contributed by atoms with van der Waals surface area (Å²) in [4.78, 5) is 29.4. The zero-order chi connectivity index (χ0) is 25.4. The lowest BCUT2D eigenvalue weighted by atomic mass is 10.0. The van der Waals surface area contributed by atoms with Crippen LogP contribution in [0.3, 0.4) is 0 Å². The van der Waals surface area contributed by atoms with Gasteiger partial charge in [0.05, 0.1) is 8.40 Å². The highest BCUT2D eigenvalue weighted by atomic mass is 127. The number of pyridine rings is 1. The van der Waals surface area contributed by atoms with Gasteiger partial charge in [0.25, 0.3) is 5.91 Å². The van der Waals surface area contributed by atoms with Crippen molar-refractivity contribution < 1.29 is 9.90 Å². The minimum Gasteiger partial charge on any atom is -0.503 e. The van der Waals surface area contributed by atoms with Crippen LogP contribution in [0.5, 0.6) is 5.75 Å². The molecule has 1 atom stereocenters. The number of aromatic hydroxyl groups is 1. The van der Waals surface area contributed by atoms with Crippen LogP contribution in [0, 0.1) is 3.57 Å². The molecule has 0 fully saturated rings. The maximum absolute atomic E-state index is 13.3. The molecule has 1 N–H and O–H groups in total. The predicted octanol–water partition coefficient (Wildman–Crippen LogP) is 5.83. The number of aryl methyl sites for hydroxylation is 1. The monoisotopic (exact) mass is 718 g/mol. The van der Waals surface area contributed by atoms with Gasteiger partial charge in [-0.1, -0.05) is 55.6 Å². The lowest BCUT2D eigenvalue weighted by molar-refractivity contribution is 0.0608. The molecule has 1 amide bonds. The highest BCUT2D eigenvalue weighted by Gasteiger charge is 2.35. The van der Waals surface area contributed by atoms with Crippen molar-refractivity contribution in [1.29, 1.82) is 0 Å². The van der Waals surface area contributed by atoms with Crippen LogP contribution in [0.15, 0.2) is 39.7 Å². The normalized spacial score (nSPS) is 18.5. The first-order valence-electron chi connectivity index (χ1n) is 11.8. The molecule has 2 aliphatic rings. The van der Waals surface area contributed by atoms with E-state index in [1.165, 1.54) is 25.2 Å². The number of rotatable bonds is 6. The number of nitrogens with zero attached hydrogens (tertiary/aromatic N) is 2. The molecule has 3 heterocycles. The van der Waals surface area contributed by atoms with Crippen LogP contribution in [0.2, 0.25) is 0 Å². The number of fused-ring (bicyclic) bond motifs is 1. The summed E-state index contributed by atoms with van der Waals surface area (Å²) in [5.41, 5.74) is 4.40. The molecule has 0 saturated heterocycles. The summed E-state index contributed by atoms with van der Waals surface area (Å²) in [5.74, 6) is -0.679. The van der Waals surface area contributed by atoms with Gasteiger partial charge in [-0.25, -0.2) is 0 Å². The van der Waals surface area contributed by atoms with Gasteiger partial charge >= 0.3 is 0 Å². The molecule has 0 bridgehead atoms. The molecule has 2 aromatic rings. The summed E-state index contributed by atoms with van der Waals surface area (Å²) in [6.07, 6.45) is 3.69. The van der Waals surface area contributed by atoms with E-state index in [0.29, 0.717) is 12.1 Å². The Morgan fingerprint density at radius 1 is 1.29 bits per heavy atom. The summed E-state index contributed by atoms with van der Waals surface area (Å²) < 4.78 is 9.39. The van der Waals surface area contributed by atoms with Crippen LogP contribution < -0.4 is 5.43 Å². The number of aromatic nitrogens is 1. The molecule has 0 unspecified atom stereocenters. The van der Waals surface area contributed by atoms with E-state index in [1.54, 1.807) is 16.7 Å². The molecule has 1 aromatic heterocycles. The fourth-order valence-electron chi connectivity index (χ4n) is 4.48. The van der Waals surface area contributed by atoms with E-state index < -0.39 is 11.2 Å². The summed E-state index contributed by atoms with van der Waals surface area (Å²) in [6.45, 7) is 10.9.